The van der Waals surface area contributed by atoms with Crippen LogP contribution in [0.25, 0.3) is 0 Å². The molecule has 1 fully saturated rings. The highest BCUT2D eigenvalue weighted by Crippen LogP contribution is 2.32. The summed E-state index contributed by atoms with van der Waals surface area (Å²) >= 11 is 0. The van der Waals surface area contributed by atoms with E-state index in [9.17, 15) is 23.7 Å². The van der Waals surface area contributed by atoms with Gasteiger partial charge in [0.25, 0.3) is 5.69 Å². The van der Waals surface area contributed by atoms with Gasteiger partial charge in [-0.15, -0.1) is 0 Å². The lowest BCUT2D eigenvalue weighted by Crippen LogP contribution is -2.43. The van der Waals surface area contributed by atoms with Gasteiger partial charge in [0.2, 0.25) is 5.91 Å². The lowest BCUT2D eigenvalue weighted by molar-refractivity contribution is -0.384. The molecule has 2 aromatic carbocycles. The van der Waals surface area contributed by atoms with Crippen LogP contribution in [0.1, 0.15) is 19.8 Å². The van der Waals surface area contributed by atoms with E-state index < -0.39 is 16.6 Å². The standard InChI is InChI=1S/C20H21F2N3O3/c1-2-24(15-7-8-16(21)17(22)13-15)20(26)14-9-11-23(12-10-14)18-5-3-4-6-19(18)25(27)28/h3-8,13-14H,2,9-12H2,1H3. The Morgan fingerprint density at radius 3 is 2.46 bits per heavy atom. The predicted octanol–water partition coefficient (Wildman–Crippen LogP) is 4.14. The minimum absolute atomic E-state index is 0.0456. The molecule has 0 saturated carbocycles. The number of anilines is 2. The quantitative estimate of drug-likeness (QED) is 0.569. The Morgan fingerprint density at radius 2 is 1.86 bits per heavy atom. The second-order valence-electron chi connectivity index (χ2n) is 6.69. The molecule has 1 aliphatic rings. The van der Waals surface area contributed by atoms with Crippen molar-refractivity contribution in [3.63, 3.8) is 0 Å². The topological polar surface area (TPSA) is 66.7 Å². The Balaban J connectivity index is 1.71. The SMILES string of the molecule is CCN(C(=O)C1CCN(c2ccccc2[N+](=O)[O-])CC1)c1ccc(F)c(F)c1. The fraction of sp³-hybridized carbons (Fsp3) is 0.350. The average molecular weight is 389 g/mol. The molecular weight excluding hydrogens is 368 g/mol. The maximum Gasteiger partial charge on any atom is 0.292 e. The second-order valence-corrected chi connectivity index (χ2v) is 6.69. The van der Waals surface area contributed by atoms with E-state index in [1.807, 2.05) is 4.90 Å². The first-order valence-corrected chi connectivity index (χ1v) is 9.17. The number of halogens is 2. The van der Waals surface area contributed by atoms with Crippen LogP contribution in [-0.2, 0) is 4.79 Å². The number of hydrogen-bond acceptors (Lipinski definition) is 4. The van der Waals surface area contributed by atoms with Gasteiger partial charge < -0.3 is 9.80 Å². The minimum Gasteiger partial charge on any atom is -0.366 e. The van der Waals surface area contributed by atoms with Gasteiger partial charge in [-0.3, -0.25) is 14.9 Å². The Labute approximate surface area is 161 Å². The average Bonchev–Trinajstić information content (AvgIpc) is 2.71. The van der Waals surface area contributed by atoms with Crippen LogP contribution in [0.2, 0.25) is 0 Å². The van der Waals surface area contributed by atoms with Crippen LogP contribution in [0, 0.1) is 27.7 Å². The molecule has 1 saturated heterocycles. The molecule has 0 bridgehead atoms. The van der Waals surface area contributed by atoms with Crippen molar-refractivity contribution in [1.29, 1.82) is 0 Å². The molecule has 0 aliphatic carbocycles. The molecule has 28 heavy (non-hydrogen) atoms. The van der Waals surface area contributed by atoms with Gasteiger partial charge in [0, 0.05) is 43.4 Å². The minimum atomic E-state index is -0.991. The Kier molecular flexibility index (Phi) is 5.87. The number of carbonyl (C=O) groups excluding carboxylic acids is 1. The summed E-state index contributed by atoms with van der Waals surface area (Å²) in [4.78, 5) is 27.1. The molecule has 0 N–H and O–H groups in total. The number of piperidine rings is 1. The third-order valence-corrected chi connectivity index (χ3v) is 5.06. The van der Waals surface area contributed by atoms with E-state index in [0.29, 0.717) is 43.9 Å². The van der Waals surface area contributed by atoms with E-state index in [1.54, 1.807) is 25.1 Å². The molecule has 1 heterocycles. The lowest BCUT2D eigenvalue weighted by atomic mass is 9.94. The number of carbonyl (C=O) groups is 1. The summed E-state index contributed by atoms with van der Waals surface area (Å²) in [5, 5.41) is 11.2. The van der Waals surface area contributed by atoms with E-state index in [-0.39, 0.29) is 17.5 Å². The number of nitro groups is 1. The van der Waals surface area contributed by atoms with Gasteiger partial charge >= 0.3 is 0 Å². The normalized spacial score (nSPS) is 14.8. The van der Waals surface area contributed by atoms with E-state index in [4.69, 9.17) is 0 Å². The van der Waals surface area contributed by atoms with Crippen LogP contribution in [0.5, 0.6) is 0 Å². The van der Waals surface area contributed by atoms with Gasteiger partial charge in [0.15, 0.2) is 11.6 Å². The maximum atomic E-state index is 13.5. The van der Waals surface area contributed by atoms with Gasteiger partial charge in [-0.2, -0.15) is 0 Å². The first-order valence-electron chi connectivity index (χ1n) is 9.17. The highest BCUT2D eigenvalue weighted by Gasteiger charge is 2.31. The molecule has 0 aromatic heterocycles. The molecule has 2 aromatic rings. The van der Waals surface area contributed by atoms with Crippen molar-refractivity contribution in [2.45, 2.75) is 19.8 Å². The van der Waals surface area contributed by atoms with Crippen molar-refractivity contribution in [3.05, 3.63) is 64.2 Å². The number of nitro benzene ring substituents is 1. The fourth-order valence-corrected chi connectivity index (χ4v) is 3.59. The zero-order chi connectivity index (χ0) is 20.3. The Morgan fingerprint density at radius 1 is 1.18 bits per heavy atom. The number of nitrogens with zero attached hydrogens (tertiary/aromatic N) is 3. The van der Waals surface area contributed by atoms with Crippen molar-refractivity contribution >= 4 is 23.0 Å². The van der Waals surface area contributed by atoms with Crippen LogP contribution in [0.4, 0.5) is 25.8 Å². The van der Waals surface area contributed by atoms with Crippen LogP contribution >= 0.6 is 0 Å². The van der Waals surface area contributed by atoms with E-state index in [2.05, 4.69) is 0 Å². The monoisotopic (exact) mass is 389 g/mol. The Bertz CT molecular complexity index is 883. The summed E-state index contributed by atoms with van der Waals surface area (Å²) in [5.41, 5.74) is 0.920. The number of hydrogen-bond donors (Lipinski definition) is 0. The van der Waals surface area contributed by atoms with Crippen LogP contribution in [0.15, 0.2) is 42.5 Å². The van der Waals surface area contributed by atoms with Gasteiger partial charge in [0.1, 0.15) is 5.69 Å². The zero-order valence-electron chi connectivity index (χ0n) is 15.5. The van der Waals surface area contributed by atoms with Gasteiger partial charge in [-0.25, -0.2) is 8.78 Å². The largest absolute Gasteiger partial charge is 0.366 e. The molecule has 1 aliphatic heterocycles. The first-order chi connectivity index (χ1) is 13.4. The molecule has 0 spiro atoms. The third kappa shape index (κ3) is 3.95. The van der Waals surface area contributed by atoms with Crippen molar-refractivity contribution in [2.75, 3.05) is 29.4 Å². The number of amides is 1. The molecule has 6 nitrogen and oxygen atoms in total. The van der Waals surface area contributed by atoms with Gasteiger partial charge in [-0.1, -0.05) is 12.1 Å². The fourth-order valence-electron chi connectivity index (χ4n) is 3.59. The highest BCUT2D eigenvalue weighted by atomic mass is 19.2. The molecule has 148 valence electrons. The van der Waals surface area contributed by atoms with Crippen LogP contribution < -0.4 is 9.80 Å². The summed E-state index contributed by atoms with van der Waals surface area (Å²) in [6.45, 7) is 3.14. The summed E-state index contributed by atoms with van der Waals surface area (Å²) in [6.07, 6.45) is 1.07. The van der Waals surface area contributed by atoms with Crippen molar-refractivity contribution in [3.8, 4) is 0 Å². The summed E-state index contributed by atoms with van der Waals surface area (Å²) in [6, 6.07) is 9.98. The second kappa shape index (κ2) is 8.33. The first kappa shape index (κ1) is 19.7. The summed E-state index contributed by atoms with van der Waals surface area (Å²) in [7, 11) is 0. The highest BCUT2D eigenvalue weighted by molar-refractivity contribution is 5.95. The number of benzene rings is 2. The molecular formula is C20H21F2N3O3. The molecule has 0 unspecified atom stereocenters. The number of rotatable bonds is 5. The van der Waals surface area contributed by atoms with E-state index in [0.717, 1.165) is 12.1 Å². The van der Waals surface area contributed by atoms with E-state index >= 15 is 0 Å². The number of para-hydroxylation sites is 2. The summed E-state index contributed by atoms with van der Waals surface area (Å²) in [5.74, 6) is -2.36. The molecule has 8 heteroatoms. The summed E-state index contributed by atoms with van der Waals surface area (Å²) < 4.78 is 26.7. The maximum absolute atomic E-state index is 13.5. The lowest BCUT2D eigenvalue weighted by Gasteiger charge is -2.35. The smallest absolute Gasteiger partial charge is 0.292 e. The van der Waals surface area contributed by atoms with Gasteiger partial charge in [-0.05, 0) is 38.0 Å². The third-order valence-electron chi connectivity index (χ3n) is 5.06. The van der Waals surface area contributed by atoms with Gasteiger partial charge in [0.05, 0.1) is 4.92 Å². The van der Waals surface area contributed by atoms with Crippen molar-refractivity contribution < 1.29 is 18.5 Å². The van der Waals surface area contributed by atoms with Crippen molar-refractivity contribution in [2.24, 2.45) is 5.92 Å². The Hall–Kier alpha value is -3.03. The molecule has 3 rings (SSSR count). The molecule has 0 atom stereocenters. The zero-order valence-corrected chi connectivity index (χ0v) is 15.5. The van der Waals surface area contributed by atoms with E-state index in [1.165, 1.54) is 17.0 Å². The molecule has 1 amide bonds. The molecule has 0 radical (unpaired) electrons. The van der Waals surface area contributed by atoms with Crippen molar-refractivity contribution in [1.82, 2.24) is 0 Å². The predicted molar refractivity (Wildman–Crippen MR) is 102 cm³/mol. The van der Waals surface area contributed by atoms with Crippen LogP contribution in [0.3, 0.4) is 0 Å². The van der Waals surface area contributed by atoms with Crippen LogP contribution in [-0.4, -0.2) is 30.5 Å².